The van der Waals surface area contributed by atoms with Crippen LogP contribution in [0, 0.1) is 23.6 Å². The Labute approximate surface area is 123 Å². The van der Waals surface area contributed by atoms with Crippen LogP contribution in [0.1, 0.15) is 12.0 Å². The lowest BCUT2D eigenvalue weighted by atomic mass is 10.1. The van der Waals surface area contributed by atoms with Gasteiger partial charge in [0, 0.05) is 19.7 Å². The third-order valence-corrected chi connectivity index (χ3v) is 5.27. The summed E-state index contributed by atoms with van der Waals surface area (Å²) in [5.74, 6) is 4.33. The Bertz CT molecular complexity index is 679. The van der Waals surface area contributed by atoms with Gasteiger partial charge in [0.2, 0.25) is 10.0 Å². The summed E-state index contributed by atoms with van der Waals surface area (Å²) in [5, 5.41) is 9.08. The minimum absolute atomic E-state index is 0.0476. The minimum atomic E-state index is -3.73. The maximum Gasteiger partial charge on any atom is 0.243 e. The molecule has 0 aromatic heterocycles. The molecule has 1 aromatic rings. The fourth-order valence-electron chi connectivity index (χ4n) is 2.22. The first kappa shape index (κ1) is 15.9. The molecule has 0 amide bonds. The normalized spacial score (nSPS) is 19.3. The Morgan fingerprint density at radius 2 is 2.24 bits per heavy atom. The van der Waals surface area contributed by atoms with Gasteiger partial charge in [-0.25, -0.2) is 12.8 Å². The van der Waals surface area contributed by atoms with Gasteiger partial charge in [0.05, 0.1) is 17.0 Å². The maximum atomic E-state index is 13.9. The molecule has 1 aliphatic rings. The second-order valence-corrected chi connectivity index (χ2v) is 6.79. The fourth-order valence-corrected chi connectivity index (χ4v) is 3.76. The lowest BCUT2D eigenvalue weighted by Gasteiger charge is -2.16. The van der Waals surface area contributed by atoms with Crippen LogP contribution in [-0.2, 0) is 10.0 Å². The summed E-state index contributed by atoms with van der Waals surface area (Å²) in [6, 6.07) is 3.65. The lowest BCUT2D eigenvalue weighted by molar-refractivity contribution is 0.233. The van der Waals surface area contributed by atoms with Gasteiger partial charge in [-0.05, 0) is 30.5 Å². The van der Waals surface area contributed by atoms with Crippen LogP contribution in [0.5, 0.6) is 0 Å². The average molecular weight is 312 g/mol. The highest BCUT2D eigenvalue weighted by molar-refractivity contribution is 7.89. The fraction of sp³-hybridized carbons (Fsp3) is 0.429. The number of benzene rings is 1. The first-order chi connectivity index (χ1) is 9.98. The van der Waals surface area contributed by atoms with E-state index in [1.165, 1.54) is 16.4 Å². The molecule has 1 aliphatic heterocycles. The van der Waals surface area contributed by atoms with Crippen LogP contribution >= 0.6 is 0 Å². The van der Waals surface area contributed by atoms with E-state index in [1.54, 1.807) is 0 Å². The Morgan fingerprint density at radius 1 is 1.48 bits per heavy atom. The standard InChI is InChI=1S/C14H17FN2O3S/c15-14-8-13(4-3-12(14)2-1-6-16)21(19,20)17-7-5-11(9-17)10-18/h3-4,8,11,18H,5-7,9-10,16H2. The summed E-state index contributed by atoms with van der Waals surface area (Å²) in [7, 11) is -3.73. The molecule has 2 rings (SSSR count). The summed E-state index contributed by atoms with van der Waals surface area (Å²) in [6.07, 6.45) is 0.609. The number of sulfonamides is 1. The molecule has 21 heavy (non-hydrogen) atoms. The topological polar surface area (TPSA) is 83.6 Å². The van der Waals surface area contributed by atoms with E-state index in [4.69, 9.17) is 10.8 Å². The molecule has 114 valence electrons. The Balaban J connectivity index is 2.27. The van der Waals surface area contributed by atoms with Gasteiger partial charge in [0.25, 0.3) is 0 Å². The quantitative estimate of drug-likeness (QED) is 0.778. The van der Waals surface area contributed by atoms with Crippen molar-refractivity contribution in [2.24, 2.45) is 11.7 Å². The number of nitrogens with two attached hydrogens (primary N) is 1. The van der Waals surface area contributed by atoms with E-state index in [0.717, 1.165) is 6.07 Å². The van der Waals surface area contributed by atoms with Crippen molar-refractivity contribution < 1.29 is 17.9 Å². The van der Waals surface area contributed by atoms with Gasteiger partial charge in [-0.1, -0.05) is 11.8 Å². The molecule has 0 radical (unpaired) electrons. The van der Waals surface area contributed by atoms with Crippen LogP contribution in [0.4, 0.5) is 4.39 Å². The molecule has 1 unspecified atom stereocenters. The average Bonchev–Trinajstić information content (AvgIpc) is 2.95. The van der Waals surface area contributed by atoms with Crippen LogP contribution in [0.2, 0.25) is 0 Å². The summed E-state index contributed by atoms with van der Waals surface area (Å²) in [5.41, 5.74) is 5.33. The van der Waals surface area contributed by atoms with Gasteiger partial charge in [0.1, 0.15) is 5.82 Å². The van der Waals surface area contributed by atoms with Gasteiger partial charge in [-0.15, -0.1) is 0 Å². The zero-order valence-electron chi connectivity index (χ0n) is 11.4. The SMILES string of the molecule is NCC#Cc1ccc(S(=O)(=O)N2CCC(CO)C2)cc1F. The van der Waals surface area contributed by atoms with Crippen molar-refractivity contribution in [1.29, 1.82) is 0 Å². The van der Waals surface area contributed by atoms with Crippen LogP contribution < -0.4 is 5.73 Å². The first-order valence-corrected chi connectivity index (χ1v) is 8.02. The van der Waals surface area contributed by atoms with Crippen molar-refractivity contribution in [2.45, 2.75) is 11.3 Å². The first-order valence-electron chi connectivity index (χ1n) is 6.58. The van der Waals surface area contributed by atoms with E-state index in [1.807, 2.05) is 0 Å². The van der Waals surface area contributed by atoms with Gasteiger partial charge in [-0.3, -0.25) is 0 Å². The van der Waals surface area contributed by atoms with Crippen LogP contribution in [0.15, 0.2) is 23.1 Å². The monoisotopic (exact) mass is 312 g/mol. The van der Waals surface area contributed by atoms with Gasteiger partial charge in [-0.2, -0.15) is 4.31 Å². The maximum absolute atomic E-state index is 13.9. The third kappa shape index (κ3) is 3.41. The predicted octanol–water partition coefficient (Wildman–Crippen LogP) is 0.139. The second kappa shape index (κ2) is 6.54. The molecular formula is C14H17FN2O3S. The number of aliphatic hydroxyl groups is 1. The van der Waals surface area contributed by atoms with E-state index < -0.39 is 15.8 Å². The molecule has 0 saturated carbocycles. The molecule has 1 atom stereocenters. The van der Waals surface area contributed by atoms with Crippen molar-refractivity contribution in [2.75, 3.05) is 26.2 Å². The number of rotatable bonds is 3. The summed E-state index contributed by atoms with van der Waals surface area (Å²) in [6.45, 7) is 0.656. The van der Waals surface area contributed by atoms with Gasteiger partial charge in [0.15, 0.2) is 0 Å². The number of aliphatic hydroxyl groups excluding tert-OH is 1. The molecule has 1 fully saturated rings. The van der Waals surface area contributed by atoms with Crippen molar-refractivity contribution in [3.63, 3.8) is 0 Å². The molecule has 0 bridgehead atoms. The Kier molecular flexibility index (Phi) is 4.96. The predicted molar refractivity (Wildman–Crippen MR) is 76.3 cm³/mol. The highest BCUT2D eigenvalue weighted by Gasteiger charge is 2.32. The van der Waals surface area contributed by atoms with E-state index >= 15 is 0 Å². The van der Waals surface area contributed by atoms with Crippen molar-refractivity contribution in [3.05, 3.63) is 29.6 Å². The number of nitrogens with zero attached hydrogens (tertiary/aromatic N) is 1. The summed E-state index contributed by atoms with van der Waals surface area (Å²) in [4.78, 5) is -0.100. The van der Waals surface area contributed by atoms with E-state index in [-0.39, 0.29) is 36.1 Å². The second-order valence-electron chi connectivity index (χ2n) is 4.85. The third-order valence-electron chi connectivity index (χ3n) is 3.41. The van der Waals surface area contributed by atoms with E-state index in [2.05, 4.69) is 11.8 Å². The largest absolute Gasteiger partial charge is 0.396 e. The Hall–Kier alpha value is -1.46. The smallest absolute Gasteiger partial charge is 0.243 e. The van der Waals surface area contributed by atoms with Crippen LogP contribution in [-0.4, -0.2) is 44.1 Å². The van der Waals surface area contributed by atoms with E-state index in [9.17, 15) is 12.8 Å². The van der Waals surface area contributed by atoms with Crippen LogP contribution in [0.3, 0.4) is 0 Å². The van der Waals surface area contributed by atoms with Crippen molar-refractivity contribution >= 4 is 10.0 Å². The van der Waals surface area contributed by atoms with Gasteiger partial charge >= 0.3 is 0 Å². The number of hydrogen-bond donors (Lipinski definition) is 2. The van der Waals surface area contributed by atoms with Gasteiger partial charge < -0.3 is 10.8 Å². The highest BCUT2D eigenvalue weighted by atomic mass is 32.2. The summed E-state index contributed by atoms with van der Waals surface area (Å²) < 4.78 is 39.9. The lowest BCUT2D eigenvalue weighted by Crippen LogP contribution is -2.29. The molecule has 3 N–H and O–H groups in total. The summed E-state index contributed by atoms with van der Waals surface area (Å²) >= 11 is 0. The zero-order valence-corrected chi connectivity index (χ0v) is 12.2. The highest BCUT2D eigenvalue weighted by Crippen LogP contribution is 2.25. The van der Waals surface area contributed by atoms with Crippen molar-refractivity contribution in [1.82, 2.24) is 4.31 Å². The number of hydrogen-bond acceptors (Lipinski definition) is 4. The molecule has 1 saturated heterocycles. The molecular weight excluding hydrogens is 295 g/mol. The zero-order chi connectivity index (χ0) is 15.5. The Morgan fingerprint density at radius 3 is 2.81 bits per heavy atom. The molecule has 5 nitrogen and oxygen atoms in total. The molecule has 1 aromatic carbocycles. The minimum Gasteiger partial charge on any atom is -0.396 e. The number of halogens is 1. The van der Waals surface area contributed by atoms with Crippen molar-refractivity contribution in [3.8, 4) is 11.8 Å². The molecule has 0 spiro atoms. The van der Waals surface area contributed by atoms with Crippen LogP contribution in [0.25, 0.3) is 0 Å². The molecule has 7 heteroatoms. The molecule has 0 aliphatic carbocycles. The molecule has 1 heterocycles. The van der Waals surface area contributed by atoms with E-state index in [0.29, 0.717) is 13.0 Å².